The second kappa shape index (κ2) is 16.9. The molecule has 2 aromatic rings. The number of nitrogens with two attached hydrogens (primary N) is 2. The minimum absolute atomic E-state index is 0.0566. The van der Waals surface area contributed by atoms with E-state index in [4.69, 9.17) is 35.5 Å². The van der Waals surface area contributed by atoms with Crippen molar-refractivity contribution in [2.24, 2.45) is 15.9 Å². The number of aromatic nitrogens is 1. The van der Waals surface area contributed by atoms with E-state index in [1.807, 2.05) is 12.1 Å². The molecule has 1 fully saturated rings. The van der Waals surface area contributed by atoms with E-state index in [1.165, 1.54) is 26.2 Å². The number of hydrogen-bond donors (Lipinski definition) is 9. The Hall–Kier alpha value is -5.14. The minimum atomic E-state index is -5.03. The highest BCUT2D eigenvalue weighted by molar-refractivity contribution is 7.80. The number of aliphatic carboxylic acids is 1. The van der Waals surface area contributed by atoms with E-state index in [9.17, 15) is 33.0 Å². The van der Waals surface area contributed by atoms with Crippen molar-refractivity contribution in [3.63, 3.8) is 0 Å². The van der Waals surface area contributed by atoms with Crippen molar-refractivity contribution in [2.75, 3.05) is 31.9 Å². The fourth-order valence-corrected chi connectivity index (χ4v) is 6.63. The highest BCUT2D eigenvalue weighted by Crippen LogP contribution is 2.36. The lowest BCUT2D eigenvalue weighted by Crippen LogP contribution is -2.76. The van der Waals surface area contributed by atoms with Crippen molar-refractivity contribution in [3.05, 3.63) is 40.4 Å². The minimum Gasteiger partial charge on any atom is -0.485 e. The highest BCUT2D eigenvalue weighted by Gasteiger charge is 2.58. The van der Waals surface area contributed by atoms with E-state index in [0.29, 0.717) is 36.3 Å². The molecular weight excluding hydrogens is 759 g/mol. The van der Waals surface area contributed by atoms with Crippen LogP contribution in [0.1, 0.15) is 49.9 Å². The number of hydrogen-bond acceptors (Lipinski definition) is 18. The van der Waals surface area contributed by atoms with Gasteiger partial charge in [0.2, 0.25) is 0 Å². The second-order valence-corrected chi connectivity index (χ2v) is 14.8. The van der Waals surface area contributed by atoms with Crippen LogP contribution in [0.5, 0.6) is 5.75 Å². The fourth-order valence-electron chi connectivity index (χ4n) is 5.63. The Morgan fingerprint density at radius 2 is 2.06 bits per heavy atom. The van der Waals surface area contributed by atoms with Gasteiger partial charge in [0.05, 0.1) is 18.2 Å². The lowest BCUT2D eigenvalue weighted by Gasteiger charge is -2.50. The van der Waals surface area contributed by atoms with E-state index >= 15 is 0 Å². The number of amides is 2. The van der Waals surface area contributed by atoms with Crippen molar-refractivity contribution in [3.8, 4) is 5.75 Å². The number of oxime groups is 1. The number of carbonyl (C=O) groups excluding carboxylic acids is 2. The van der Waals surface area contributed by atoms with E-state index in [0.717, 1.165) is 22.5 Å². The van der Waals surface area contributed by atoms with Crippen molar-refractivity contribution >= 4 is 62.8 Å². The van der Waals surface area contributed by atoms with Gasteiger partial charge in [-0.15, -0.1) is 15.6 Å². The van der Waals surface area contributed by atoms with Gasteiger partial charge >= 0.3 is 16.4 Å². The van der Waals surface area contributed by atoms with E-state index < -0.39 is 63.3 Å². The zero-order valence-corrected chi connectivity index (χ0v) is 30.8. The molecule has 1 aromatic heterocycles. The molecule has 1 saturated heterocycles. The van der Waals surface area contributed by atoms with Crippen LogP contribution in [-0.4, -0.2) is 130 Å². The summed E-state index contributed by atoms with van der Waals surface area (Å²) in [6.07, 6.45) is -1.08. The summed E-state index contributed by atoms with van der Waals surface area (Å²) < 4.78 is 41.8. The summed E-state index contributed by atoms with van der Waals surface area (Å²) in [5, 5.41) is 41.2. The molecule has 0 spiro atoms. The Morgan fingerprint density at radius 3 is 2.61 bits per heavy atom. The summed E-state index contributed by atoms with van der Waals surface area (Å²) in [6, 6.07) is 4.27. The molecule has 3 aliphatic heterocycles. The van der Waals surface area contributed by atoms with Crippen LogP contribution in [0.4, 0.5) is 5.13 Å². The monoisotopic (exact) mass is 799 g/mol. The Labute approximate surface area is 312 Å². The molecule has 5 unspecified atom stereocenters. The van der Waals surface area contributed by atoms with Crippen LogP contribution in [-0.2, 0) is 45.1 Å². The lowest BCUT2D eigenvalue weighted by molar-refractivity contribution is -0.218. The molecule has 4 heterocycles. The predicted octanol–water partition coefficient (Wildman–Crippen LogP) is -1.82. The number of carboxylic acids is 1. The molecule has 0 bridgehead atoms. The Bertz CT molecular complexity index is 1910. The summed E-state index contributed by atoms with van der Waals surface area (Å²) in [6.45, 7) is 5.25. The number of aliphatic imine (C=N–C) groups is 1. The molecule has 296 valence electrons. The van der Waals surface area contributed by atoms with Gasteiger partial charge in [-0.05, 0) is 50.8 Å². The van der Waals surface area contributed by atoms with Gasteiger partial charge in [0.15, 0.2) is 22.9 Å². The Morgan fingerprint density at radius 1 is 1.35 bits per heavy atom. The molecule has 1 aromatic carbocycles. The first-order valence-corrected chi connectivity index (χ1v) is 18.4. The van der Waals surface area contributed by atoms with Gasteiger partial charge in [-0.25, -0.2) is 9.78 Å². The predicted molar refractivity (Wildman–Crippen MR) is 190 cm³/mol. The van der Waals surface area contributed by atoms with Gasteiger partial charge in [-0.2, -0.15) is 13.5 Å². The summed E-state index contributed by atoms with van der Waals surface area (Å²) in [4.78, 5) is 61.3. The standard InChI is InChI=1S/C29H39N9O11S2.CH2O2/c1-28(2)22(24(41)38(28)49-51(44,45)46)36-23(40)21(18-13-50-26(31)35-18)37-48-29(3,25(42)43)20-7-5-15-8-14(4-6-19(15)47-20)16-10-32-27(33-11-16)34-12-17(39)9-30;2-1-3/h4,6,8,13,16-17,20,22,39H,5,7,9-12,30H2,1-3H3,(H2,31,35)(H,36,40)(H,42,43)(H2,32,33,34)(H,44,45,46);1H,(H,2,3). The normalized spacial score (nSPS) is 22.2. The number of fused-ring (bicyclic) bond motifs is 1. The van der Waals surface area contributed by atoms with Crippen LogP contribution in [0, 0.1) is 0 Å². The summed E-state index contributed by atoms with van der Waals surface area (Å²) in [7, 11) is -5.03. The average molecular weight is 800 g/mol. The molecule has 22 nitrogen and oxygen atoms in total. The number of ether oxygens (including phenoxy) is 1. The first kappa shape index (κ1) is 41.6. The average Bonchev–Trinajstić information content (AvgIpc) is 3.56. The molecule has 5 atom stereocenters. The Kier molecular flexibility index (Phi) is 13.0. The van der Waals surface area contributed by atoms with Crippen molar-refractivity contribution < 1.29 is 61.3 Å². The smallest absolute Gasteiger partial charge is 0.418 e. The van der Waals surface area contributed by atoms with Gasteiger partial charge in [-0.1, -0.05) is 17.3 Å². The molecule has 0 radical (unpaired) electrons. The summed E-state index contributed by atoms with van der Waals surface area (Å²) >= 11 is 0.963. The number of thiazole rings is 1. The third-order valence-electron chi connectivity index (χ3n) is 8.73. The van der Waals surface area contributed by atoms with Crippen LogP contribution in [0.15, 0.2) is 33.7 Å². The fraction of sp³-hybridized carbons (Fsp3) is 0.500. The van der Waals surface area contributed by atoms with E-state index in [2.05, 4.69) is 35.4 Å². The molecule has 0 aliphatic carbocycles. The summed E-state index contributed by atoms with van der Waals surface area (Å²) in [5.41, 5.74) is 8.91. The maximum atomic E-state index is 13.5. The van der Waals surface area contributed by atoms with Crippen molar-refractivity contribution in [2.45, 2.75) is 68.9 Å². The van der Waals surface area contributed by atoms with Gasteiger partial charge in [0.1, 0.15) is 17.5 Å². The zero-order chi connectivity index (χ0) is 40.0. The molecule has 3 aliphatic rings. The number of nitrogens with one attached hydrogen (secondary N) is 3. The largest absolute Gasteiger partial charge is 0.485 e. The number of nitrogen functional groups attached to an aromatic ring is 1. The first-order chi connectivity index (χ1) is 25.3. The van der Waals surface area contributed by atoms with Gasteiger partial charge < -0.3 is 52.3 Å². The van der Waals surface area contributed by atoms with Crippen LogP contribution < -0.4 is 32.2 Å². The molecule has 5 rings (SSSR count). The number of rotatable bonds is 13. The van der Waals surface area contributed by atoms with Gasteiger partial charge in [0.25, 0.3) is 23.9 Å². The van der Waals surface area contributed by atoms with E-state index in [-0.39, 0.29) is 42.7 Å². The van der Waals surface area contributed by atoms with Crippen LogP contribution >= 0.6 is 11.3 Å². The number of aliphatic hydroxyl groups is 1. The Balaban J connectivity index is 0.00000209. The molecular formula is C30H41N9O13S2. The highest BCUT2D eigenvalue weighted by atomic mass is 32.3. The molecule has 2 amide bonds. The second-order valence-electron chi connectivity index (χ2n) is 12.9. The number of benzene rings is 1. The maximum absolute atomic E-state index is 13.5. The van der Waals surface area contributed by atoms with Gasteiger partial charge in [0, 0.05) is 30.9 Å². The lowest BCUT2D eigenvalue weighted by atomic mass is 9.84. The number of aryl methyl sites for hydroxylation is 1. The van der Waals surface area contributed by atoms with E-state index in [1.54, 1.807) is 6.07 Å². The third-order valence-corrected chi connectivity index (χ3v) is 9.74. The number of carboxylic acid groups (broad SMARTS) is 2. The number of β-lactam (4-membered cyclic amide) rings is 1. The van der Waals surface area contributed by atoms with Crippen molar-refractivity contribution in [1.29, 1.82) is 0 Å². The molecule has 24 heteroatoms. The number of anilines is 1. The number of carbonyl (C=O) groups is 4. The zero-order valence-electron chi connectivity index (χ0n) is 29.2. The van der Waals surface area contributed by atoms with Crippen molar-refractivity contribution in [1.82, 2.24) is 26.0 Å². The SMILES string of the molecule is CC(ON=C(C(=O)NC1C(=O)N(OS(=O)(=O)O)C1(C)C)c1csc(N)n1)(C(=O)O)C1CCc2cc(C3CN=C(NCC(O)CN)NC3)ccc2O1.O=CO. The van der Waals surface area contributed by atoms with Crippen LogP contribution in [0.3, 0.4) is 0 Å². The molecule has 54 heavy (non-hydrogen) atoms. The van der Waals surface area contributed by atoms with Gasteiger partial charge in [-0.3, -0.25) is 23.9 Å². The molecule has 0 saturated carbocycles. The molecule has 11 N–H and O–H groups in total. The summed E-state index contributed by atoms with van der Waals surface area (Å²) in [5.74, 6) is -2.36. The number of nitrogens with zero attached hydrogens (tertiary/aromatic N) is 4. The van der Waals surface area contributed by atoms with Crippen LogP contribution in [0.25, 0.3) is 0 Å². The number of guanidine groups is 1. The van der Waals surface area contributed by atoms with Crippen LogP contribution in [0.2, 0.25) is 0 Å². The maximum Gasteiger partial charge on any atom is 0.418 e. The number of hydroxylamine groups is 2. The first-order valence-electron chi connectivity index (χ1n) is 16.1. The topological polar surface area (TPSA) is 340 Å². The third kappa shape index (κ3) is 9.50. The quantitative estimate of drug-likeness (QED) is 0.0354. The number of aliphatic hydroxyl groups excluding tert-OH is 1.